The quantitative estimate of drug-likeness (QED) is 0.738. The molecule has 0 amide bonds. The van der Waals surface area contributed by atoms with Crippen LogP contribution in [0.2, 0.25) is 0 Å². The lowest BCUT2D eigenvalue weighted by atomic mass is 9.96. The molecule has 1 aromatic heterocycles. The molecular formula is C13H23NO. The van der Waals surface area contributed by atoms with Gasteiger partial charge in [-0.25, -0.2) is 0 Å². The van der Waals surface area contributed by atoms with Gasteiger partial charge in [0.15, 0.2) is 0 Å². The summed E-state index contributed by atoms with van der Waals surface area (Å²) in [5, 5.41) is 0. The van der Waals surface area contributed by atoms with E-state index < -0.39 is 0 Å². The average molecular weight is 209 g/mol. The highest BCUT2D eigenvalue weighted by atomic mass is 16.3. The molecule has 1 heterocycles. The maximum absolute atomic E-state index is 5.41. The maximum atomic E-state index is 5.41. The van der Waals surface area contributed by atoms with Gasteiger partial charge in [0.2, 0.25) is 0 Å². The highest BCUT2D eigenvalue weighted by molar-refractivity contribution is 5.01. The average Bonchev–Trinajstić information content (AvgIpc) is 2.46. The molecule has 0 aliphatic heterocycles. The first-order valence-corrected chi connectivity index (χ1v) is 5.51. The summed E-state index contributed by atoms with van der Waals surface area (Å²) in [6.07, 6.45) is 1.73. The molecule has 2 nitrogen and oxygen atoms in total. The van der Waals surface area contributed by atoms with Crippen molar-refractivity contribution in [3.63, 3.8) is 0 Å². The van der Waals surface area contributed by atoms with E-state index in [-0.39, 0.29) is 11.1 Å². The summed E-state index contributed by atoms with van der Waals surface area (Å²) in [6.45, 7) is 14.3. The molecule has 0 aliphatic rings. The highest BCUT2D eigenvalue weighted by Crippen LogP contribution is 2.27. The largest absolute Gasteiger partial charge is 0.468 e. The van der Waals surface area contributed by atoms with Crippen molar-refractivity contribution in [1.29, 1.82) is 0 Å². The van der Waals surface area contributed by atoms with Gasteiger partial charge in [-0.2, -0.15) is 0 Å². The Morgan fingerprint density at radius 1 is 1.07 bits per heavy atom. The zero-order valence-electron chi connectivity index (χ0n) is 10.8. The molecule has 0 saturated carbocycles. The second kappa shape index (κ2) is 4.01. The van der Waals surface area contributed by atoms with Crippen LogP contribution in [0.5, 0.6) is 0 Å². The van der Waals surface area contributed by atoms with Gasteiger partial charge >= 0.3 is 0 Å². The van der Waals surface area contributed by atoms with Crippen LogP contribution in [0.15, 0.2) is 22.8 Å². The first-order chi connectivity index (χ1) is 6.71. The van der Waals surface area contributed by atoms with E-state index in [9.17, 15) is 0 Å². The molecule has 0 unspecified atom stereocenters. The molecule has 0 fully saturated rings. The number of hydrogen-bond acceptors (Lipinski definition) is 2. The van der Waals surface area contributed by atoms with Crippen molar-refractivity contribution in [1.82, 2.24) is 4.90 Å². The van der Waals surface area contributed by atoms with Crippen LogP contribution >= 0.6 is 0 Å². The predicted octanol–water partition coefficient (Wildman–Crippen LogP) is 3.68. The van der Waals surface area contributed by atoms with Crippen molar-refractivity contribution in [2.24, 2.45) is 0 Å². The van der Waals surface area contributed by atoms with Crippen molar-refractivity contribution < 1.29 is 4.42 Å². The van der Waals surface area contributed by atoms with Crippen LogP contribution in [0.1, 0.15) is 47.3 Å². The van der Waals surface area contributed by atoms with Crippen molar-refractivity contribution in [3.05, 3.63) is 24.2 Å². The first kappa shape index (κ1) is 12.3. The molecule has 0 atom stereocenters. The molecular weight excluding hydrogens is 186 g/mol. The van der Waals surface area contributed by atoms with E-state index in [1.54, 1.807) is 6.26 Å². The van der Waals surface area contributed by atoms with E-state index in [1.807, 2.05) is 12.1 Å². The van der Waals surface area contributed by atoms with Gasteiger partial charge in [-0.3, -0.25) is 4.90 Å². The maximum Gasteiger partial charge on any atom is 0.117 e. The van der Waals surface area contributed by atoms with Crippen LogP contribution in [-0.2, 0) is 6.54 Å². The Morgan fingerprint density at radius 3 is 1.93 bits per heavy atom. The third kappa shape index (κ3) is 3.38. The standard InChI is InChI=1S/C13H23NO/c1-12(2,3)14(13(4,5)6)10-11-8-7-9-15-11/h7-9H,10H2,1-6H3. The SMILES string of the molecule is CC(C)(C)N(Cc1ccco1)C(C)(C)C. The molecule has 0 bridgehead atoms. The van der Waals surface area contributed by atoms with E-state index in [1.165, 1.54) is 0 Å². The van der Waals surface area contributed by atoms with Crippen molar-refractivity contribution >= 4 is 0 Å². The lowest BCUT2D eigenvalue weighted by Crippen LogP contribution is -2.51. The van der Waals surface area contributed by atoms with E-state index in [2.05, 4.69) is 46.4 Å². The summed E-state index contributed by atoms with van der Waals surface area (Å²) in [5.74, 6) is 1.03. The van der Waals surface area contributed by atoms with Gasteiger partial charge in [-0.15, -0.1) is 0 Å². The molecule has 1 aromatic rings. The Labute approximate surface area is 93.3 Å². The Hall–Kier alpha value is -0.760. The van der Waals surface area contributed by atoms with E-state index in [4.69, 9.17) is 4.42 Å². The summed E-state index contributed by atoms with van der Waals surface area (Å²) >= 11 is 0. The van der Waals surface area contributed by atoms with Crippen molar-refractivity contribution in [3.8, 4) is 0 Å². The van der Waals surface area contributed by atoms with Crippen LogP contribution in [0.3, 0.4) is 0 Å². The lowest BCUT2D eigenvalue weighted by Gasteiger charge is -2.44. The topological polar surface area (TPSA) is 16.4 Å². The number of hydrogen-bond donors (Lipinski definition) is 0. The van der Waals surface area contributed by atoms with Gasteiger partial charge in [0.25, 0.3) is 0 Å². The van der Waals surface area contributed by atoms with Gasteiger partial charge in [0, 0.05) is 11.1 Å². The van der Waals surface area contributed by atoms with Crippen LogP contribution in [0.4, 0.5) is 0 Å². The third-order valence-electron chi connectivity index (χ3n) is 2.51. The first-order valence-electron chi connectivity index (χ1n) is 5.51. The molecule has 15 heavy (non-hydrogen) atoms. The highest BCUT2D eigenvalue weighted by Gasteiger charge is 2.31. The Kier molecular flexibility index (Phi) is 3.29. The van der Waals surface area contributed by atoms with E-state index in [0.29, 0.717) is 0 Å². The van der Waals surface area contributed by atoms with Gasteiger partial charge < -0.3 is 4.42 Å². The van der Waals surface area contributed by atoms with Crippen LogP contribution < -0.4 is 0 Å². The Balaban J connectivity index is 2.84. The summed E-state index contributed by atoms with van der Waals surface area (Å²) in [6, 6.07) is 3.98. The van der Waals surface area contributed by atoms with Crippen LogP contribution in [0.25, 0.3) is 0 Å². The zero-order valence-corrected chi connectivity index (χ0v) is 10.8. The van der Waals surface area contributed by atoms with Crippen LogP contribution in [-0.4, -0.2) is 16.0 Å². The van der Waals surface area contributed by atoms with Crippen molar-refractivity contribution in [2.45, 2.75) is 59.2 Å². The summed E-state index contributed by atoms with van der Waals surface area (Å²) in [7, 11) is 0. The number of nitrogens with zero attached hydrogens (tertiary/aromatic N) is 1. The molecule has 1 rings (SSSR count). The number of furan rings is 1. The summed E-state index contributed by atoms with van der Waals surface area (Å²) in [5.41, 5.74) is 0.288. The molecule has 0 aromatic carbocycles. The Bertz CT molecular complexity index is 273. The molecule has 0 saturated heterocycles. The van der Waals surface area contributed by atoms with Gasteiger partial charge in [0.05, 0.1) is 12.8 Å². The summed E-state index contributed by atoms with van der Waals surface area (Å²) in [4.78, 5) is 2.44. The van der Waals surface area contributed by atoms with Gasteiger partial charge in [-0.1, -0.05) is 0 Å². The minimum absolute atomic E-state index is 0.144. The van der Waals surface area contributed by atoms with Gasteiger partial charge in [-0.05, 0) is 53.7 Å². The van der Waals surface area contributed by atoms with Gasteiger partial charge in [0.1, 0.15) is 5.76 Å². The number of rotatable bonds is 2. The van der Waals surface area contributed by atoms with E-state index >= 15 is 0 Å². The Morgan fingerprint density at radius 2 is 1.60 bits per heavy atom. The molecule has 0 spiro atoms. The van der Waals surface area contributed by atoms with Crippen molar-refractivity contribution in [2.75, 3.05) is 0 Å². The minimum Gasteiger partial charge on any atom is -0.468 e. The third-order valence-corrected chi connectivity index (χ3v) is 2.51. The molecule has 0 aliphatic carbocycles. The second-order valence-electron chi connectivity index (χ2n) is 6.01. The van der Waals surface area contributed by atoms with E-state index in [0.717, 1.165) is 12.3 Å². The lowest BCUT2D eigenvalue weighted by molar-refractivity contribution is 0.0235. The summed E-state index contributed by atoms with van der Waals surface area (Å²) < 4.78 is 5.41. The fraction of sp³-hybridized carbons (Fsp3) is 0.692. The molecule has 86 valence electrons. The van der Waals surface area contributed by atoms with Crippen LogP contribution in [0, 0.1) is 0 Å². The molecule has 2 heteroatoms. The minimum atomic E-state index is 0.144. The fourth-order valence-corrected chi connectivity index (χ4v) is 2.04. The molecule has 0 radical (unpaired) electrons. The predicted molar refractivity (Wildman–Crippen MR) is 63.8 cm³/mol. The second-order valence-corrected chi connectivity index (χ2v) is 6.01. The monoisotopic (exact) mass is 209 g/mol. The molecule has 0 N–H and O–H groups in total. The normalized spacial score (nSPS) is 13.5. The zero-order chi connectivity index (χ0) is 11.7. The smallest absolute Gasteiger partial charge is 0.117 e. The fourth-order valence-electron chi connectivity index (χ4n) is 2.04.